The van der Waals surface area contributed by atoms with Crippen molar-refractivity contribution in [3.05, 3.63) is 33.3 Å². The predicted molar refractivity (Wildman–Crippen MR) is 74.9 cm³/mol. The number of halogens is 4. The van der Waals surface area contributed by atoms with Gasteiger partial charge < -0.3 is 10.5 Å². The maximum Gasteiger partial charge on any atom is 0.342 e. The first-order chi connectivity index (χ1) is 7.97. The van der Waals surface area contributed by atoms with E-state index >= 15 is 0 Å². The van der Waals surface area contributed by atoms with E-state index in [1.807, 2.05) is 0 Å². The summed E-state index contributed by atoms with van der Waals surface area (Å²) in [5, 5.41) is 0.499. The fourth-order valence-electron chi connectivity index (χ4n) is 1.30. The molecule has 0 aliphatic heterocycles. The van der Waals surface area contributed by atoms with Crippen molar-refractivity contribution in [2.45, 2.75) is 19.1 Å². The maximum absolute atomic E-state index is 13.7. The number of nitrogens with two attached hydrogens (primary N) is 1. The van der Waals surface area contributed by atoms with Gasteiger partial charge in [-0.25, -0.2) is 9.18 Å². The van der Waals surface area contributed by atoms with Gasteiger partial charge in [0.25, 0.3) is 0 Å². The van der Waals surface area contributed by atoms with Crippen molar-refractivity contribution in [2.24, 2.45) is 5.73 Å². The minimum absolute atomic E-state index is 0. The van der Waals surface area contributed by atoms with E-state index in [1.54, 1.807) is 25.1 Å². The lowest BCUT2D eigenvalue weighted by Gasteiger charge is -2.17. The molecule has 1 aromatic rings. The first-order valence-corrected chi connectivity index (χ1v) is 6.15. The van der Waals surface area contributed by atoms with Crippen LogP contribution in [0.3, 0.4) is 0 Å². The van der Waals surface area contributed by atoms with Crippen molar-refractivity contribution in [2.75, 3.05) is 6.61 Å². The number of hydrogen-bond acceptors (Lipinski definition) is 3. The standard InChI is InChI=1S/C11H12BrClFNO2.ClH/c1-2-17-11(16)9(14)10(15)7-4-3-6(13)5-8(7)12;/h3-5,9-10H,2,15H2,1H3;1H/t9?,10-;/m0./s1. The van der Waals surface area contributed by atoms with Crippen LogP contribution in [0.15, 0.2) is 22.7 Å². The molecular formula is C11H13BrCl2FNO2. The van der Waals surface area contributed by atoms with E-state index in [-0.39, 0.29) is 19.0 Å². The second kappa shape index (κ2) is 7.94. The zero-order chi connectivity index (χ0) is 13.0. The van der Waals surface area contributed by atoms with Gasteiger partial charge in [-0.1, -0.05) is 33.6 Å². The van der Waals surface area contributed by atoms with Crippen molar-refractivity contribution in [1.82, 2.24) is 0 Å². The lowest BCUT2D eigenvalue weighted by molar-refractivity contribution is -0.149. The summed E-state index contributed by atoms with van der Waals surface area (Å²) in [6, 6.07) is 3.66. The van der Waals surface area contributed by atoms with E-state index < -0.39 is 18.2 Å². The van der Waals surface area contributed by atoms with Gasteiger partial charge in [0.2, 0.25) is 6.17 Å². The van der Waals surface area contributed by atoms with E-state index in [1.165, 1.54) is 0 Å². The largest absolute Gasteiger partial charge is 0.464 e. The molecule has 0 spiro atoms. The predicted octanol–water partition coefficient (Wildman–Crippen LogP) is 3.43. The highest BCUT2D eigenvalue weighted by Gasteiger charge is 2.28. The lowest BCUT2D eigenvalue weighted by Crippen LogP contribution is -2.31. The van der Waals surface area contributed by atoms with Crippen molar-refractivity contribution in [1.29, 1.82) is 0 Å². The second-order valence-electron chi connectivity index (χ2n) is 3.35. The summed E-state index contributed by atoms with van der Waals surface area (Å²) in [7, 11) is 0. The summed E-state index contributed by atoms with van der Waals surface area (Å²) >= 11 is 8.98. The normalized spacial score (nSPS) is 13.4. The van der Waals surface area contributed by atoms with Crippen LogP contribution in [0.25, 0.3) is 0 Å². The van der Waals surface area contributed by atoms with Crippen LogP contribution in [0.4, 0.5) is 4.39 Å². The van der Waals surface area contributed by atoms with Crippen molar-refractivity contribution in [3.63, 3.8) is 0 Å². The quantitative estimate of drug-likeness (QED) is 0.837. The van der Waals surface area contributed by atoms with Crippen LogP contribution in [0.2, 0.25) is 5.02 Å². The molecule has 0 aliphatic carbocycles. The Hall–Kier alpha value is -0.360. The van der Waals surface area contributed by atoms with Gasteiger partial charge >= 0.3 is 5.97 Å². The Morgan fingerprint density at radius 1 is 1.61 bits per heavy atom. The van der Waals surface area contributed by atoms with E-state index in [0.717, 1.165) is 0 Å². The van der Waals surface area contributed by atoms with Crippen LogP contribution >= 0.6 is 39.9 Å². The summed E-state index contributed by atoms with van der Waals surface area (Å²) in [5.74, 6) is -0.957. The smallest absolute Gasteiger partial charge is 0.342 e. The first-order valence-electron chi connectivity index (χ1n) is 4.98. The van der Waals surface area contributed by atoms with Crippen molar-refractivity contribution < 1.29 is 13.9 Å². The molecule has 0 heterocycles. The molecule has 1 aromatic carbocycles. The summed E-state index contributed by atoms with van der Waals surface area (Å²) in [6.45, 7) is 1.72. The van der Waals surface area contributed by atoms with E-state index in [2.05, 4.69) is 20.7 Å². The Morgan fingerprint density at radius 2 is 2.22 bits per heavy atom. The van der Waals surface area contributed by atoms with Gasteiger partial charge in [-0.05, 0) is 24.6 Å². The Labute approximate surface area is 124 Å². The number of rotatable bonds is 4. The van der Waals surface area contributed by atoms with E-state index in [0.29, 0.717) is 15.1 Å². The fraction of sp³-hybridized carbons (Fsp3) is 0.364. The number of hydrogen-bond donors (Lipinski definition) is 1. The monoisotopic (exact) mass is 359 g/mol. The number of carbonyl (C=O) groups is 1. The molecule has 0 aliphatic rings. The first kappa shape index (κ1) is 17.6. The van der Waals surface area contributed by atoms with Gasteiger partial charge in [-0.15, -0.1) is 12.4 Å². The van der Waals surface area contributed by atoms with E-state index in [4.69, 9.17) is 17.3 Å². The number of carbonyl (C=O) groups excluding carboxylic acids is 1. The van der Waals surface area contributed by atoms with E-state index in [9.17, 15) is 9.18 Å². The minimum Gasteiger partial charge on any atom is -0.464 e. The number of esters is 1. The Morgan fingerprint density at radius 3 is 2.72 bits per heavy atom. The van der Waals surface area contributed by atoms with Gasteiger partial charge in [0.15, 0.2) is 0 Å². The molecule has 0 fully saturated rings. The zero-order valence-electron chi connectivity index (χ0n) is 9.53. The lowest BCUT2D eigenvalue weighted by atomic mass is 10.0. The Kier molecular flexibility index (Phi) is 7.78. The van der Waals surface area contributed by atoms with Gasteiger partial charge in [0, 0.05) is 9.50 Å². The molecule has 7 heteroatoms. The van der Waals surface area contributed by atoms with Crippen LogP contribution < -0.4 is 5.73 Å². The average Bonchev–Trinajstić information content (AvgIpc) is 2.27. The summed E-state index contributed by atoms with van der Waals surface area (Å²) < 4.78 is 18.8. The summed E-state index contributed by atoms with van der Waals surface area (Å²) in [6.07, 6.45) is -1.90. The van der Waals surface area contributed by atoms with Crippen LogP contribution in [0, 0.1) is 0 Å². The van der Waals surface area contributed by atoms with Crippen LogP contribution in [0.1, 0.15) is 18.5 Å². The maximum atomic E-state index is 13.7. The fourth-order valence-corrected chi connectivity index (χ4v) is 2.24. The molecule has 0 saturated heterocycles. The molecule has 0 aromatic heterocycles. The minimum atomic E-state index is -1.90. The van der Waals surface area contributed by atoms with Crippen LogP contribution in [-0.4, -0.2) is 18.7 Å². The Bertz CT molecular complexity index is 420. The third kappa shape index (κ3) is 4.39. The zero-order valence-corrected chi connectivity index (χ0v) is 12.7. The molecule has 3 nitrogen and oxygen atoms in total. The third-order valence-electron chi connectivity index (χ3n) is 2.15. The number of ether oxygens (including phenoxy) is 1. The molecular weight excluding hydrogens is 348 g/mol. The number of alkyl halides is 1. The van der Waals surface area contributed by atoms with Crippen LogP contribution in [0.5, 0.6) is 0 Å². The highest BCUT2D eigenvalue weighted by molar-refractivity contribution is 9.10. The van der Waals surface area contributed by atoms with Gasteiger partial charge in [0.05, 0.1) is 12.6 Å². The SMILES string of the molecule is CCOC(=O)C(F)[C@@H](N)c1ccc(Cl)cc1Br.Cl. The van der Waals surface area contributed by atoms with Gasteiger partial charge in [0.1, 0.15) is 0 Å². The highest BCUT2D eigenvalue weighted by atomic mass is 79.9. The molecule has 0 saturated carbocycles. The summed E-state index contributed by atoms with van der Waals surface area (Å²) in [5.41, 5.74) is 6.14. The molecule has 2 atom stereocenters. The summed E-state index contributed by atoms with van der Waals surface area (Å²) in [4.78, 5) is 11.2. The molecule has 0 bridgehead atoms. The molecule has 102 valence electrons. The van der Waals surface area contributed by atoms with Crippen LogP contribution in [-0.2, 0) is 9.53 Å². The molecule has 0 amide bonds. The second-order valence-corrected chi connectivity index (χ2v) is 4.64. The third-order valence-corrected chi connectivity index (χ3v) is 3.07. The Balaban J connectivity index is 0.00000289. The van der Waals surface area contributed by atoms with Gasteiger partial charge in [-0.3, -0.25) is 0 Å². The number of benzene rings is 1. The van der Waals surface area contributed by atoms with Crippen molar-refractivity contribution >= 4 is 45.9 Å². The van der Waals surface area contributed by atoms with Crippen molar-refractivity contribution in [3.8, 4) is 0 Å². The molecule has 18 heavy (non-hydrogen) atoms. The average molecular weight is 361 g/mol. The topological polar surface area (TPSA) is 52.3 Å². The van der Waals surface area contributed by atoms with Gasteiger partial charge in [-0.2, -0.15) is 0 Å². The molecule has 1 rings (SSSR count). The molecule has 1 unspecified atom stereocenters. The highest BCUT2D eigenvalue weighted by Crippen LogP contribution is 2.28. The molecule has 2 N–H and O–H groups in total. The molecule has 0 radical (unpaired) electrons.